The molecule has 0 radical (unpaired) electrons. The molecule has 1 saturated carbocycles. The lowest BCUT2D eigenvalue weighted by atomic mass is 10.1. The van der Waals surface area contributed by atoms with Crippen molar-refractivity contribution in [1.29, 1.82) is 0 Å². The second-order valence-corrected chi connectivity index (χ2v) is 5.23. The standard InChI is InChI=1S/C16H18O.C3H6.C2H6/c1-2-7-14-10-6-11-16(12-14)17-13-15-8-4-3-5-9-15;1-2-3-1;1-2/h3-6,8-12H,2,7,13H2,1H3;1-3H2;1-2H3. The zero-order chi connectivity index (χ0) is 16.0. The summed E-state index contributed by atoms with van der Waals surface area (Å²) >= 11 is 0. The van der Waals surface area contributed by atoms with Crippen molar-refractivity contribution in [3.8, 4) is 5.75 Å². The number of hydrogen-bond acceptors (Lipinski definition) is 1. The molecule has 0 spiro atoms. The summed E-state index contributed by atoms with van der Waals surface area (Å²) in [6.07, 6.45) is 6.78. The summed E-state index contributed by atoms with van der Waals surface area (Å²) in [7, 11) is 0. The Bertz CT molecular complexity index is 486. The molecule has 2 aromatic carbocycles. The molecule has 0 aliphatic heterocycles. The van der Waals surface area contributed by atoms with Crippen LogP contribution in [0.3, 0.4) is 0 Å². The lowest BCUT2D eigenvalue weighted by molar-refractivity contribution is 0.306. The molecule has 0 saturated heterocycles. The van der Waals surface area contributed by atoms with Crippen LogP contribution in [0.1, 0.15) is 57.6 Å². The Labute approximate surface area is 136 Å². The van der Waals surface area contributed by atoms with Crippen molar-refractivity contribution in [2.75, 3.05) is 0 Å². The third-order valence-electron chi connectivity index (χ3n) is 3.04. The third kappa shape index (κ3) is 8.51. The topological polar surface area (TPSA) is 9.23 Å². The van der Waals surface area contributed by atoms with Gasteiger partial charge in [-0.15, -0.1) is 0 Å². The molecule has 1 fully saturated rings. The summed E-state index contributed by atoms with van der Waals surface area (Å²) in [5, 5.41) is 0. The van der Waals surface area contributed by atoms with Gasteiger partial charge in [0.1, 0.15) is 12.4 Å². The predicted octanol–water partition coefficient (Wildman–Crippen LogP) is 6.41. The number of aryl methyl sites for hydroxylation is 1. The summed E-state index contributed by atoms with van der Waals surface area (Å²) in [5.41, 5.74) is 2.55. The smallest absolute Gasteiger partial charge is 0.120 e. The molecule has 3 rings (SSSR count). The van der Waals surface area contributed by atoms with Gasteiger partial charge >= 0.3 is 0 Å². The Morgan fingerprint density at radius 3 is 2.05 bits per heavy atom. The van der Waals surface area contributed by atoms with Gasteiger partial charge in [-0.2, -0.15) is 0 Å². The second-order valence-electron chi connectivity index (χ2n) is 5.23. The van der Waals surface area contributed by atoms with E-state index in [-0.39, 0.29) is 0 Å². The summed E-state index contributed by atoms with van der Waals surface area (Å²) in [4.78, 5) is 0. The fourth-order valence-electron chi connectivity index (χ4n) is 1.82. The summed E-state index contributed by atoms with van der Waals surface area (Å²) in [6, 6.07) is 18.6. The molecule has 0 unspecified atom stereocenters. The Balaban J connectivity index is 0.000000419. The zero-order valence-corrected chi connectivity index (χ0v) is 14.3. The van der Waals surface area contributed by atoms with Gasteiger partial charge < -0.3 is 4.74 Å². The number of ether oxygens (including phenoxy) is 1. The van der Waals surface area contributed by atoms with Crippen molar-refractivity contribution < 1.29 is 4.74 Å². The van der Waals surface area contributed by atoms with E-state index in [9.17, 15) is 0 Å². The van der Waals surface area contributed by atoms with E-state index in [1.807, 2.05) is 38.1 Å². The SMILES string of the molecule is C1CC1.CC.CCCc1cccc(OCc2ccccc2)c1. The highest BCUT2D eigenvalue weighted by atomic mass is 16.5. The Morgan fingerprint density at radius 2 is 1.45 bits per heavy atom. The molecule has 1 aliphatic carbocycles. The van der Waals surface area contributed by atoms with E-state index in [4.69, 9.17) is 4.74 Å². The van der Waals surface area contributed by atoms with Gasteiger partial charge in [-0.1, -0.05) is 88.9 Å². The van der Waals surface area contributed by atoms with Crippen molar-refractivity contribution >= 4 is 0 Å². The fraction of sp³-hybridized carbons (Fsp3) is 0.429. The highest BCUT2D eigenvalue weighted by Crippen LogP contribution is 2.16. The largest absolute Gasteiger partial charge is 0.489 e. The van der Waals surface area contributed by atoms with Crippen molar-refractivity contribution in [3.63, 3.8) is 0 Å². The number of hydrogen-bond donors (Lipinski definition) is 0. The minimum absolute atomic E-state index is 0.635. The molecular formula is C21H30O. The van der Waals surface area contributed by atoms with Crippen LogP contribution in [0.25, 0.3) is 0 Å². The van der Waals surface area contributed by atoms with E-state index in [0.717, 1.165) is 12.2 Å². The molecule has 22 heavy (non-hydrogen) atoms. The molecule has 1 aliphatic rings. The first-order chi connectivity index (χ1) is 10.9. The molecular weight excluding hydrogens is 268 g/mol. The fourth-order valence-corrected chi connectivity index (χ4v) is 1.82. The van der Waals surface area contributed by atoms with E-state index in [2.05, 4.69) is 37.3 Å². The van der Waals surface area contributed by atoms with Crippen LogP contribution >= 0.6 is 0 Å². The van der Waals surface area contributed by atoms with Crippen LogP contribution in [0.4, 0.5) is 0 Å². The lowest BCUT2D eigenvalue weighted by Crippen LogP contribution is -1.95. The van der Waals surface area contributed by atoms with E-state index in [0.29, 0.717) is 6.61 Å². The van der Waals surface area contributed by atoms with E-state index >= 15 is 0 Å². The first kappa shape index (κ1) is 18.3. The molecule has 2 aromatic rings. The molecule has 0 atom stereocenters. The maximum atomic E-state index is 5.78. The molecule has 120 valence electrons. The van der Waals surface area contributed by atoms with Gasteiger partial charge in [0.15, 0.2) is 0 Å². The van der Waals surface area contributed by atoms with Crippen molar-refractivity contribution in [3.05, 3.63) is 65.7 Å². The lowest BCUT2D eigenvalue weighted by Gasteiger charge is -2.07. The maximum Gasteiger partial charge on any atom is 0.120 e. The predicted molar refractivity (Wildman–Crippen MR) is 96.4 cm³/mol. The van der Waals surface area contributed by atoms with Crippen LogP contribution in [0.5, 0.6) is 5.75 Å². The molecule has 0 bridgehead atoms. The van der Waals surface area contributed by atoms with Crippen LogP contribution < -0.4 is 4.74 Å². The van der Waals surface area contributed by atoms with Gasteiger partial charge in [0.2, 0.25) is 0 Å². The quantitative estimate of drug-likeness (QED) is 0.619. The van der Waals surface area contributed by atoms with Gasteiger partial charge in [0.05, 0.1) is 0 Å². The third-order valence-corrected chi connectivity index (χ3v) is 3.04. The first-order valence-corrected chi connectivity index (χ1v) is 8.64. The maximum absolute atomic E-state index is 5.78. The van der Waals surface area contributed by atoms with Gasteiger partial charge in [0.25, 0.3) is 0 Å². The van der Waals surface area contributed by atoms with Crippen molar-refractivity contribution in [2.45, 2.75) is 59.5 Å². The normalized spacial score (nSPS) is 11.4. The Hall–Kier alpha value is -1.76. The van der Waals surface area contributed by atoms with Gasteiger partial charge in [-0.25, -0.2) is 0 Å². The molecule has 1 heteroatoms. The van der Waals surface area contributed by atoms with Crippen LogP contribution in [0.2, 0.25) is 0 Å². The van der Waals surface area contributed by atoms with Gasteiger partial charge in [-0.05, 0) is 29.7 Å². The summed E-state index contributed by atoms with van der Waals surface area (Å²) in [6.45, 7) is 6.83. The van der Waals surface area contributed by atoms with Gasteiger partial charge in [0, 0.05) is 0 Å². The number of rotatable bonds is 5. The van der Waals surface area contributed by atoms with E-state index < -0.39 is 0 Å². The summed E-state index contributed by atoms with van der Waals surface area (Å²) in [5.74, 6) is 0.958. The molecule has 0 amide bonds. The number of benzene rings is 2. The van der Waals surface area contributed by atoms with Crippen molar-refractivity contribution in [1.82, 2.24) is 0 Å². The molecule has 0 heterocycles. The van der Waals surface area contributed by atoms with Crippen LogP contribution in [-0.2, 0) is 13.0 Å². The molecule has 0 aromatic heterocycles. The zero-order valence-electron chi connectivity index (χ0n) is 14.3. The molecule has 1 nitrogen and oxygen atoms in total. The minimum Gasteiger partial charge on any atom is -0.489 e. The Kier molecular flexibility index (Phi) is 9.85. The summed E-state index contributed by atoms with van der Waals surface area (Å²) < 4.78 is 5.78. The van der Waals surface area contributed by atoms with E-state index in [1.54, 1.807) is 0 Å². The highest BCUT2D eigenvalue weighted by Gasteiger charge is 1.97. The highest BCUT2D eigenvalue weighted by molar-refractivity contribution is 5.29. The molecule has 0 N–H and O–H groups in total. The first-order valence-electron chi connectivity index (χ1n) is 8.64. The van der Waals surface area contributed by atoms with Crippen LogP contribution in [0.15, 0.2) is 54.6 Å². The average Bonchev–Trinajstić information content (AvgIpc) is 3.46. The van der Waals surface area contributed by atoms with E-state index in [1.165, 1.54) is 36.8 Å². The van der Waals surface area contributed by atoms with Crippen molar-refractivity contribution in [2.24, 2.45) is 0 Å². The second kappa shape index (κ2) is 11.9. The monoisotopic (exact) mass is 298 g/mol. The van der Waals surface area contributed by atoms with Crippen LogP contribution in [0, 0.1) is 0 Å². The average molecular weight is 298 g/mol. The van der Waals surface area contributed by atoms with Crippen LogP contribution in [-0.4, -0.2) is 0 Å². The van der Waals surface area contributed by atoms with Gasteiger partial charge in [-0.3, -0.25) is 0 Å². The Morgan fingerprint density at radius 1 is 0.818 bits per heavy atom. The minimum atomic E-state index is 0.635.